The summed E-state index contributed by atoms with van der Waals surface area (Å²) >= 11 is 0. The van der Waals surface area contributed by atoms with Crippen molar-refractivity contribution < 1.29 is 19.1 Å². The Bertz CT molecular complexity index is 634. The van der Waals surface area contributed by atoms with Gasteiger partial charge in [0.15, 0.2) is 5.69 Å². The molecule has 21 heavy (non-hydrogen) atoms. The third kappa shape index (κ3) is 3.47. The highest BCUT2D eigenvalue weighted by molar-refractivity contribution is 5.95. The minimum absolute atomic E-state index is 0.0563. The van der Waals surface area contributed by atoms with E-state index < -0.39 is 17.9 Å². The molecular formula is C15H16N2O4. The Morgan fingerprint density at radius 1 is 1.24 bits per heavy atom. The largest absolute Gasteiger partial charge is 0.480 e. The van der Waals surface area contributed by atoms with E-state index in [-0.39, 0.29) is 11.6 Å². The van der Waals surface area contributed by atoms with Gasteiger partial charge in [0.25, 0.3) is 5.91 Å². The lowest BCUT2D eigenvalue weighted by atomic mass is 10.0. The first-order valence-corrected chi connectivity index (χ1v) is 6.53. The van der Waals surface area contributed by atoms with Gasteiger partial charge >= 0.3 is 5.97 Å². The van der Waals surface area contributed by atoms with E-state index in [2.05, 4.69) is 10.3 Å². The number of carboxylic acids is 1. The Morgan fingerprint density at radius 2 is 1.90 bits per heavy atom. The number of carboxylic acid groups (broad SMARTS) is 1. The van der Waals surface area contributed by atoms with Gasteiger partial charge < -0.3 is 14.8 Å². The van der Waals surface area contributed by atoms with Crippen LogP contribution in [0.5, 0.6) is 0 Å². The number of amides is 1. The van der Waals surface area contributed by atoms with Gasteiger partial charge in [0.05, 0.1) is 0 Å². The van der Waals surface area contributed by atoms with E-state index in [1.807, 2.05) is 30.3 Å². The number of rotatable bonds is 5. The zero-order chi connectivity index (χ0) is 15.4. The molecule has 0 spiro atoms. The molecule has 110 valence electrons. The molecule has 0 aliphatic heterocycles. The number of carbonyl (C=O) groups excluding carboxylic acids is 1. The van der Waals surface area contributed by atoms with Crippen molar-refractivity contribution in [1.82, 2.24) is 10.3 Å². The Kier molecular flexibility index (Phi) is 4.37. The fourth-order valence-corrected chi connectivity index (χ4v) is 1.82. The molecule has 2 rings (SSSR count). The van der Waals surface area contributed by atoms with Crippen LogP contribution in [-0.2, 0) is 4.79 Å². The maximum Gasteiger partial charge on any atom is 0.326 e. The molecule has 1 unspecified atom stereocenters. The van der Waals surface area contributed by atoms with Crippen LogP contribution >= 0.6 is 0 Å². The minimum Gasteiger partial charge on any atom is -0.480 e. The number of hydrogen-bond donors (Lipinski definition) is 2. The van der Waals surface area contributed by atoms with Gasteiger partial charge in [-0.25, -0.2) is 9.78 Å². The van der Waals surface area contributed by atoms with E-state index in [1.165, 1.54) is 6.26 Å². The van der Waals surface area contributed by atoms with E-state index in [0.29, 0.717) is 5.89 Å². The summed E-state index contributed by atoms with van der Waals surface area (Å²) in [5, 5.41) is 11.5. The predicted molar refractivity (Wildman–Crippen MR) is 75.7 cm³/mol. The SMILES string of the molecule is CC(C)C(NC(=O)c1coc(-c2ccccc2)n1)C(=O)O. The molecule has 1 heterocycles. The van der Waals surface area contributed by atoms with Crippen molar-refractivity contribution in [3.05, 3.63) is 42.3 Å². The van der Waals surface area contributed by atoms with Crippen molar-refractivity contribution in [2.24, 2.45) is 5.92 Å². The summed E-state index contributed by atoms with van der Waals surface area (Å²) < 4.78 is 5.25. The lowest BCUT2D eigenvalue weighted by molar-refractivity contribution is -0.140. The van der Waals surface area contributed by atoms with E-state index in [1.54, 1.807) is 13.8 Å². The van der Waals surface area contributed by atoms with Crippen molar-refractivity contribution in [3.8, 4) is 11.5 Å². The second kappa shape index (κ2) is 6.21. The second-order valence-electron chi connectivity index (χ2n) is 4.94. The monoisotopic (exact) mass is 288 g/mol. The standard InChI is InChI=1S/C15H16N2O4/c1-9(2)12(15(19)20)17-13(18)11-8-21-14(16-11)10-6-4-3-5-7-10/h3-9,12H,1-2H3,(H,17,18)(H,19,20). The predicted octanol–water partition coefficient (Wildman–Crippen LogP) is 2.18. The van der Waals surface area contributed by atoms with Crippen LogP contribution in [0.4, 0.5) is 0 Å². The van der Waals surface area contributed by atoms with Crippen LogP contribution in [0, 0.1) is 5.92 Å². The molecule has 0 saturated heterocycles. The molecule has 1 atom stereocenters. The number of oxazole rings is 1. The first-order valence-electron chi connectivity index (χ1n) is 6.53. The molecule has 6 heteroatoms. The van der Waals surface area contributed by atoms with Crippen LogP contribution < -0.4 is 5.32 Å². The molecule has 1 amide bonds. The molecule has 0 fully saturated rings. The summed E-state index contributed by atoms with van der Waals surface area (Å²) in [4.78, 5) is 27.2. The molecule has 1 aromatic heterocycles. The highest BCUT2D eigenvalue weighted by Crippen LogP contribution is 2.18. The van der Waals surface area contributed by atoms with Crippen molar-refractivity contribution >= 4 is 11.9 Å². The van der Waals surface area contributed by atoms with Crippen molar-refractivity contribution in [1.29, 1.82) is 0 Å². The van der Waals surface area contributed by atoms with Gasteiger partial charge in [-0.1, -0.05) is 32.0 Å². The highest BCUT2D eigenvalue weighted by atomic mass is 16.4. The number of nitrogens with one attached hydrogen (secondary N) is 1. The summed E-state index contributed by atoms with van der Waals surface area (Å²) in [6.45, 7) is 3.44. The number of benzene rings is 1. The zero-order valence-electron chi connectivity index (χ0n) is 11.7. The number of hydrogen-bond acceptors (Lipinski definition) is 4. The summed E-state index contributed by atoms with van der Waals surface area (Å²) in [5.41, 5.74) is 0.802. The Labute approximate surface area is 121 Å². The van der Waals surface area contributed by atoms with Gasteiger partial charge in [-0.2, -0.15) is 0 Å². The molecule has 1 aromatic carbocycles. The fourth-order valence-electron chi connectivity index (χ4n) is 1.82. The second-order valence-corrected chi connectivity index (χ2v) is 4.94. The third-order valence-corrected chi connectivity index (χ3v) is 2.98. The summed E-state index contributed by atoms with van der Waals surface area (Å²) in [5.74, 6) is -1.56. The van der Waals surface area contributed by atoms with Gasteiger partial charge in [-0.15, -0.1) is 0 Å². The number of aliphatic carboxylic acids is 1. The van der Waals surface area contributed by atoms with Gasteiger partial charge in [-0.05, 0) is 18.1 Å². The van der Waals surface area contributed by atoms with Gasteiger partial charge in [0, 0.05) is 5.56 Å². The first kappa shape index (κ1) is 14.8. The molecule has 0 saturated carbocycles. The average molecular weight is 288 g/mol. The van der Waals surface area contributed by atoms with E-state index >= 15 is 0 Å². The summed E-state index contributed by atoms with van der Waals surface area (Å²) in [7, 11) is 0. The third-order valence-electron chi connectivity index (χ3n) is 2.98. The molecule has 0 aliphatic rings. The van der Waals surface area contributed by atoms with Crippen LogP contribution in [0.3, 0.4) is 0 Å². The van der Waals surface area contributed by atoms with Crippen LogP contribution in [0.2, 0.25) is 0 Å². The molecule has 0 radical (unpaired) electrons. The van der Waals surface area contributed by atoms with E-state index in [4.69, 9.17) is 9.52 Å². The Morgan fingerprint density at radius 3 is 2.48 bits per heavy atom. The number of carbonyl (C=O) groups is 2. The van der Waals surface area contributed by atoms with Gasteiger partial charge in [-0.3, -0.25) is 4.79 Å². The molecule has 0 aliphatic carbocycles. The quantitative estimate of drug-likeness (QED) is 0.879. The van der Waals surface area contributed by atoms with Gasteiger partial charge in [0.1, 0.15) is 12.3 Å². The number of aromatic nitrogens is 1. The van der Waals surface area contributed by atoms with Gasteiger partial charge in [0.2, 0.25) is 5.89 Å². The fraction of sp³-hybridized carbons (Fsp3) is 0.267. The van der Waals surface area contributed by atoms with Crippen molar-refractivity contribution in [2.75, 3.05) is 0 Å². The summed E-state index contributed by atoms with van der Waals surface area (Å²) in [6, 6.07) is 8.18. The summed E-state index contributed by atoms with van der Waals surface area (Å²) in [6.07, 6.45) is 1.22. The lowest BCUT2D eigenvalue weighted by Crippen LogP contribution is -2.44. The molecular weight excluding hydrogens is 272 g/mol. The van der Waals surface area contributed by atoms with Crippen molar-refractivity contribution in [2.45, 2.75) is 19.9 Å². The topological polar surface area (TPSA) is 92.4 Å². The normalized spacial score (nSPS) is 12.1. The smallest absolute Gasteiger partial charge is 0.326 e. The van der Waals surface area contributed by atoms with Crippen LogP contribution in [0.15, 0.2) is 41.0 Å². The highest BCUT2D eigenvalue weighted by Gasteiger charge is 2.25. The molecule has 2 N–H and O–H groups in total. The van der Waals surface area contributed by atoms with Crippen LogP contribution in [0.25, 0.3) is 11.5 Å². The maximum atomic E-state index is 12.0. The maximum absolute atomic E-state index is 12.0. The molecule has 6 nitrogen and oxygen atoms in total. The lowest BCUT2D eigenvalue weighted by Gasteiger charge is -2.16. The Hall–Kier alpha value is -2.63. The average Bonchev–Trinajstić information content (AvgIpc) is 2.94. The van der Waals surface area contributed by atoms with E-state index in [9.17, 15) is 9.59 Å². The molecule has 2 aromatic rings. The minimum atomic E-state index is -1.08. The zero-order valence-corrected chi connectivity index (χ0v) is 11.7. The number of nitrogens with zero attached hydrogens (tertiary/aromatic N) is 1. The molecule has 0 bridgehead atoms. The van der Waals surface area contributed by atoms with Crippen molar-refractivity contribution in [3.63, 3.8) is 0 Å². The van der Waals surface area contributed by atoms with Crippen LogP contribution in [0.1, 0.15) is 24.3 Å². The first-order chi connectivity index (χ1) is 9.99. The van der Waals surface area contributed by atoms with E-state index in [0.717, 1.165) is 5.56 Å². The van der Waals surface area contributed by atoms with Crippen LogP contribution in [-0.4, -0.2) is 28.0 Å². The Balaban J connectivity index is 2.14.